The second kappa shape index (κ2) is 13.9. The van der Waals surface area contributed by atoms with Gasteiger partial charge >= 0.3 is 12.1 Å². The third-order valence-corrected chi connectivity index (χ3v) is 5.98. The number of carbonyl (C=O) groups excluding carboxylic acids is 2. The summed E-state index contributed by atoms with van der Waals surface area (Å²) >= 11 is 0. The minimum atomic E-state index is -5.08. The van der Waals surface area contributed by atoms with E-state index in [1.807, 2.05) is 4.90 Å². The maximum atomic E-state index is 12.8. The van der Waals surface area contributed by atoms with E-state index in [4.69, 9.17) is 15.1 Å². The average molecular weight is 502 g/mol. The van der Waals surface area contributed by atoms with Crippen molar-refractivity contribution in [1.29, 1.82) is 0 Å². The van der Waals surface area contributed by atoms with Crippen LogP contribution in [0.2, 0.25) is 0 Å². The van der Waals surface area contributed by atoms with Crippen LogP contribution in [-0.4, -0.2) is 53.9 Å². The number of alkyl halides is 3. The molecule has 1 aromatic rings. The van der Waals surface area contributed by atoms with Crippen LogP contribution in [0, 0.1) is 5.92 Å². The highest BCUT2D eigenvalue weighted by atomic mass is 19.4. The van der Waals surface area contributed by atoms with E-state index in [1.54, 1.807) is 5.48 Å². The van der Waals surface area contributed by atoms with Crippen molar-refractivity contribution in [1.82, 2.24) is 5.48 Å². The van der Waals surface area contributed by atoms with Crippen molar-refractivity contribution >= 4 is 29.2 Å². The molecule has 0 spiro atoms. The normalized spacial score (nSPS) is 15.6. The Morgan fingerprint density at radius 2 is 1.54 bits per heavy atom. The molecule has 0 radical (unpaired) electrons. The lowest BCUT2D eigenvalue weighted by Gasteiger charge is -2.29. The molecule has 0 aromatic heterocycles. The first kappa shape index (κ1) is 28.4. The number of anilines is 2. The molecule has 35 heavy (non-hydrogen) atoms. The predicted octanol–water partition coefficient (Wildman–Crippen LogP) is 4.51. The molecule has 2 aliphatic rings. The molecule has 0 atom stereocenters. The number of nitrogens with one attached hydrogen (secondary N) is 1. The molecule has 1 aliphatic carbocycles. The van der Waals surface area contributed by atoms with Gasteiger partial charge in [0.05, 0.1) is 0 Å². The molecule has 11 heteroatoms. The quantitative estimate of drug-likeness (QED) is 0.247. The van der Waals surface area contributed by atoms with Crippen molar-refractivity contribution in [3.05, 3.63) is 24.3 Å². The Labute approximate surface area is 203 Å². The Bertz CT molecular complexity index is 823. The van der Waals surface area contributed by atoms with Crippen LogP contribution in [0.15, 0.2) is 24.3 Å². The van der Waals surface area contributed by atoms with E-state index >= 15 is 0 Å². The predicted molar refractivity (Wildman–Crippen MR) is 124 cm³/mol. The molecule has 3 N–H and O–H groups in total. The highest BCUT2D eigenvalue weighted by Gasteiger charge is 2.38. The Kier molecular flexibility index (Phi) is 11.3. The van der Waals surface area contributed by atoms with Gasteiger partial charge in [-0.3, -0.25) is 14.8 Å². The Hall–Kier alpha value is -2.82. The number of unbranched alkanes of at least 4 members (excludes halogenated alkanes) is 3. The highest BCUT2D eigenvalue weighted by molar-refractivity contribution is 5.96. The lowest BCUT2D eigenvalue weighted by Crippen LogP contribution is -2.33. The molecular weight excluding hydrogens is 467 g/mol. The van der Waals surface area contributed by atoms with Crippen LogP contribution in [0.1, 0.15) is 64.2 Å². The van der Waals surface area contributed by atoms with E-state index in [-0.39, 0.29) is 17.7 Å². The number of nitrogens with zero attached hydrogens (tertiary/aromatic N) is 2. The molecule has 1 heterocycles. The molecule has 1 aromatic carbocycles. The standard InChI is InChI=1S/C22H33N3O3.C2HF3O2/c26-21(23-28)8-4-1-2-7-17-25(22(27)18-9-10-18)20-13-11-19(12-14-20)24-15-5-3-6-16-24;3-2(4,5)1(6)7/h11-14,18,28H,1-10,15-17H2,(H,23,26);(H,6,7). The van der Waals surface area contributed by atoms with Gasteiger partial charge < -0.3 is 14.9 Å². The van der Waals surface area contributed by atoms with E-state index < -0.39 is 12.1 Å². The molecule has 1 saturated carbocycles. The summed E-state index contributed by atoms with van der Waals surface area (Å²) in [6.07, 6.45) is 4.70. The topological polar surface area (TPSA) is 110 Å². The van der Waals surface area contributed by atoms with Crippen molar-refractivity contribution in [2.75, 3.05) is 29.4 Å². The van der Waals surface area contributed by atoms with Crippen molar-refractivity contribution in [3.63, 3.8) is 0 Å². The number of amides is 2. The summed E-state index contributed by atoms with van der Waals surface area (Å²) in [6.45, 7) is 2.97. The van der Waals surface area contributed by atoms with E-state index in [2.05, 4.69) is 29.2 Å². The fourth-order valence-electron chi connectivity index (χ4n) is 3.88. The van der Waals surface area contributed by atoms with Crippen LogP contribution in [0.5, 0.6) is 0 Å². The molecule has 196 valence electrons. The summed E-state index contributed by atoms with van der Waals surface area (Å²) in [5.41, 5.74) is 3.91. The number of rotatable bonds is 10. The molecular formula is C24H34F3N3O5. The number of piperidine rings is 1. The third-order valence-electron chi connectivity index (χ3n) is 5.98. The van der Waals surface area contributed by atoms with Gasteiger partial charge in [-0.15, -0.1) is 0 Å². The number of benzene rings is 1. The van der Waals surface area contributed by atoms with Gasteiger partial charge in [-0.2, -0.15) is 13.2 Å². The van der Waals surface area contributed by atoms with E-state index in [0.717, 1.165) is 63.8 Å². The summed E-state index contributed by atoms with van der Waals surface area (Å²) in [7, 11) is 0. The average Bonchev–Trinajstić information content (AvgIpc) is 3.69. The number of aliphatic carboxylic acids is 1. The SMILES string of the molecule is O=C(CCCCCCN(C(=O)C1CC1)c1ccc(N2CCCCC2)cc1)NO.O=C(O)C(F)(F)F. The first-order valence-electron chi connectivity index (χ1n) is 12.0. The summed E-state index contributed by atoms with van der Waals surface area (Å²) in [4.78, 5) is 37.1. The monoisotopic (exact) mass is 501 g/mol. The van der Waals surface area contributed by atoms with Gasteiger partial charge in [-0.05, 0) is 69.2 Å². The zero-order valence-corrected chi connectivity index (χ0v) is 19.7. The zero-order valence-electron chi connectivity index (χ0n) is 19.7. The van der Waals surface area contributed by atoms with Crippen LogP contribution in [-0.2, 0) is 14.4 Å². The van der Waals surface area contributed by atoms with Gasteiger partial charge in [-0.1, -0.05) is 12.8 Å². The Morgan fingerprint density at radius 1 is 0.971 bits per heavy atom. The molecule has 3 rings (SSSR count). The second-order valence-corrected chi connectivity index (χ2v) is 8.83. The maximum absolute atomic E-state index is 12.8. The van der Waals surface area contributed by atoms with Gasteiger partial charge in [0.1, 0.15) is 0 Å². The largest absolute Gasteiger partial charge is 0.490 e. The first-order valence-corrected chi connectivity index (χ1v) is 12.0. The number of hydrogen-bond acceptors (Lipinski definition) is 5. The number of carbonyl (C=O) groups is 3. The van der Waals surface area contributed by atoms with Gasteiger partial charge in [0.2, 0.25) is 11.8 Å². The van der Waals surface area contributed by atoms with Gasteiger partial charge in [0.15, 0.2) is 0 Å². The summed E-state index contributed by atoms with van der Waals surface area (Å²) in [6, 6.07) is 8.49. The smallest absolute Gasteiger partial charge is 0.475 e. The minimum Gasteiger partial charge on any atom is -0.475 e. The zero-order chi connectivity index (χ0) is 25.8. The number of carboxylic acids is 1. The van der Waals surface area contributed by atoms with Crippen LogP contribution in [0.3, 0.4) is 0 Å². The Balaban J connectivity index is 0.000000540. The van der Waals surface area contributed by atoms with E-state index in [1.165, 1.54) is 24.9 Å². The van der Waals surface area contributed by atoms with Crippen LogP contribution < -0.4 is 15.3 Å². The summed E-state index contributed by atoms with van der Waals surface area (Å²) < 4.78 is 31.7. The van der Waals surface area contributed by atoms with Crippen LogP contribution >= 0.6 is 0 Å². The van der Waals surface area contributed by atoms with Crippen molar-refractivity contribution < 1.29 is 37.9 Å². The molecule has 0 unspecified atom stereocenters. The lowest BCUT2D eigenvalue weighted by molar-refractivity contribution is -0.192. The van der Waals surface area contributed by atoms with Crippen molar-refractivity contribution in [3.8, 4) is 0 Å². The number of halogens is 3. The third kappa shape index (κ3) is 10.1. The Morgan fingerprint density at radius 3 is 2.06 bits per heavy atom. The fraction of sp³-hybridized carbons (Fsp3) is 0.625. The summed E-state index contributed by atoms with van der Waals surface area (Å²) in [5.74, 6) is -2.63. The number of hydrogen-bond donors (Lipinski definition) is 3. The first-order chi connectivity index (χ1) is 16.6. The van der Waals surface area contributed by atoms with Gasteiger partial charge in [0, 0.05) is 43.3 Å². The molecule has 0 bridgehead atoms. The molecule has 2 fully saturated rings. The van der Waals surface area contributed by atoms with E-state index in [0.29, 0.717) is 6.42 Å². The highest BCUT2D eigenvalue weighted by Crippen LogP contribution is 2.33. The van der Waals surface area contributed by atoms with Crippen molar-refractivity contribution in [2.45, 2.75) is 70.4 Å². The van der Waals surface area contributed by atoms with Gasteiger partial charge in [-0.25, -0.2) is 10.3 Å². The van der Waals surface area contributed by atoms with Crippen molar-refractivity contribution in [2.24, 2.45) is 5.92 Å². The maximum Gasteiger partial charge on any atom is 0.490 e. The minimum absolute atomic E-state index is 0.204. The fourth-order valence-corrected chi connectivity index (χ4v) is 3.88. The lowest BCUT2D eigenvalue weighted by atomic mass is 10.1. The van der Waals surface area contributed by atoms with E-state index in [9.17, 15) is 22.8 Å². The molecule has 2 amide bonds. The van der Waals surface area contributed by atoms with Crippen LogP contribution in [0.4, 0.5) is 24.5 Å². The number of carboxylic acid groups (broad SMARTS) is 1. The second-order valence-electron chi connectivity index (χ2n) is 8.83. The van der Waals surface area contributed by atoms with Gasteiger partial charge in [0.25, 0.3) is 0 Å². The molecule has 1 aliphatic heterocycles. The molecule has 8 nitrogen and oxygen atoms in total. The summed E-state index contributed by atoms with van der Waals surface area (Å²) in [5, 5.41) is 15.6. The number of hydroxylamine groups is 1. The van der Waals surface area contributed by atoms with Crippen LogP contribution in [0.25, 0.3) is 0 Å². The molecule has 1 saturated heterocycles.